The number of carbonyl (C=O) groups is 1. The van der Waals surface area contributed by atoms with Crippen LogP contribution < -0.4 is 11.5 Å². The number of ketones is 1. The van der Waals surface area contributed by atoms with Crippen LogP contribution in [0.1, 0.15) is 37.6 Å². The number of nitrogens with two attached hydrogens (primary N) is 2. The Morgan fingerprint density at radius 3 is 2.46 bits per heavy atom. The molecular weight excluding hydrogens is 298 g/mol. The van der Waals surface area contributed by atoms with Gasteiger partial charge in [-0.1, -0.05) is 26.0 Å². The van der Waals surface area contributed by atoms with Gasteiger partial charge >= 0.3 is 0 Å². The van der Waals surface area contributed by atoms with Gasteiger partial charge in [0.05, 0.1) is 17.6 Å². The molecule has 0 aliphatic carbocycles. The summed E-state index contributed by atoms with van der Waals surface area (Å²) in [5, 5.41) is 0. The van der Waals surface area contributed by atoms with Crippen LogP contribution in [0.25, 0.3) is 17.7 Å². The predicted molar refractivity (Wildman–Crippen MR) is 102 cm³/mol. The zero-order valence-electron chi connectivity index (χ0n) is 14.3. The fourth-order valence-corrected chi connectivity index (χ4v) is 2.14. The number of carbonyl (C=O) groups excluding carboxylic acids is 1. The first kappa shape index (κ1) is 17.5. The molecule has 0 unspecified atom stereocenters. The van der Waals surface area contributed by atoms with Crippen molar-refractivity contribution in [2.75, 3.05) is 11.5 Å². The van der Waals surface area contributed by atoms with Crippen molar-refractivity contribution < 1.29 is 4.79 Å². The third kappa shape index (κ3) is 4.56. The van der Waals surface area contributed by atoms with E-state index in [1.165, 1.54) is 0 Å². The normalized spacial score (nSPS) is 12.1. The molecule has 0 aliphatic heterocycles. The van der Waals surface area contributed by atoms with E-state index >= 15 is 0 Å². The van der Waals surface area contributed by atoms with Gasteiger partial charge in [0.2, 0.25) is 0 Å². The molecule has 2 aromatic rings. The number of aromatic nitrogens is 1. The van der Waals surface area contributed by atoms with Crippen LogP contribution in [0.2, 0.25) is 0 Å². The van der Waals surface area contributed by atoms with Crippen LogP contribution in [0.5, 0.6) is 0 Å². The lowest BCUT2D eigenvalue weighted by molar-refractivity contribution is -0.117. The van der Waals surface area contributed by atoms with Crippen molar-refractivity contribution in [2.24, 2.45) is 5.92 Å². The van der Waals surface area contributed by atoms with E-state index < -0.39 is 0 Å². The molecule has 0 saturated heterocycles. The Balaban J connectivity index is 2.30. The van der Waals surface area contributed by atoms with Gasteiger partial charge in [-0.05, 0) is 54.5 Å². The largest absolute Gasteiger partial charge is 0.399 e. The van der Waals surface area contributed by atoms with Crippen molar-refractivity contribution in [1.82, 2.24) is 4.98 Å². The molecule has 4 heteroatoms. The summed E-state index contributed by atoms with van der Waals surface area (Å²) in [4.78, 5) is 15.9. The van der Waals surface area contributed by atoms with Gasteiger partial charge in [-0.15, -0.1) is 0 Å². The Bertz CT molecular complexity index is 787. The minimum Gasteiger partial charge on any atom is -0.399 e. The molecular formula is C20H23N3O. The monoisotopic (exact) mass is 321 g/mol. The minimum atomic E-state index is -0.0258. The quantitative estimate of drug-likeness (QED) is 0.643. The molecule has 4 N–H and O–H groups in total. The molecule has 1 heterocycles. The molecule has 0 fully saturated rings. The molecule has 24 heavy (non-hydrogen) atoms. The standard InChI is InChI=1S/C20H23N3O/c1-13(2)20(24)9-8-18-11-16(19(22)12-23-18)10-14(3)15-4-6-17(21)7-5-15/h4-13H,21-22H2,1-3H3/b9-8+,14-10+. The molecule has 0 saturated carbocycles. The Morgan fingerprint density at radius 2 is 1.83 bits per heavy atom. The Morgan fingerprint density at radius 1 is 1.17 bits per heavy atom. The molecule has 0 aliphatic rings. The van der Waals surface area contributed by atoms with E-state index in [-0.39, 0.29) is 11.7 Å². The van der Waals surface area contributed by atoms with Gasteiger partial charge in [0.1, 0.15) is 0 Å². The average molecular weight is 321 g/mol. The molecule has 0 amide bonds. The van der Waals surface area contributed by atoms with Crippen LogP contribution in [-0.2, 0) is 4.79 Å². The van der Waals surface area contributed by atoms with Gasteiger partial charge < -0.3 is 11.5 Å². The summed E-state index contributed by atoms with van der Waals surface area (Å²) in [5.74, 6) is 0.0472. The number of hydrogen-bond acceptors (Lipinski definition) is 4. The smallest absolute Gasteiger partial charge is 0.158 e. The molecule has 0 atom stereocenters. The van der Waals surface area contributed by atoms with E-state index in [2.05, 4.69) is 4.98 Å². The molecule has 1 aromatic carbocycles. The highest BCUT2D eigenvalue weighted by Crippen LogP contribution is 2.22. The van der Waals surface area contributed by atoms with Gasteiger partial charge in [-0.3, -0.25) is 9.78 Å². The second-order valence-corrected chi connectivity index (χ2v) is 6.08. The predicted octanol–water partition coefficient (Wildman–Crippen LogP) is 4.04. The van der Waals surface area contributed by atoms with E-state index in [1.54, 1.807) is 18.3 Å². The van der Waals surface area contributed by atoms with Crippen molar-refractivity contribution in [3.8, 4) is 0 Å². The van der Waals surface area contributed by atoms with E-state index in [4.69, 9.17) is 11.5 Å². The number of benzene rings is 1. The zero-order chi connectivity index (χ0) is 17.7. The van der Waals surface area contributed by atoms with E-state index in [0.717, 1.165) is 22.4 Å². The zero-order valence-corrected chi connectivity index (χ0v) is 14.3. The molecule has 0 bridgehead atoms. The highest BCUT2D eigenvalue weighted by atomic mass is 16.1. The van der Waals surface area contributed by atoms with Crippen LogP contribution in [0.4, 0.5) is 11.4 Å². The minimum absolute atomic E-state index is 0.0258. The van der Waals surface area contributed by atoms with Crippen LogP contribution >= 0.6 is 0 Å². The average Bonchev–Trinajstić information content (AvgIpc) is 2.55. The maximum Gasteiger partial charge on any atom is 0.158 e. The fraction of sp³-hybridized carbons (Fsp3) is 0.200. The number of rotatable bonds is 5. The van der Waals surface area contributed by atoms with Gasteiger partial charge in [-0.2, -0.15) is 0 Å². The topological polar surface area (TPSA) is 82.0 Å². The highest BCUT2D eigenvalue weighted by molar-refractivity contribution is 5.95. The number of nitrogen functional groups attached to an aromatic ring is 2. The number of hydrogen-bond donors (Lipinski definition) is 2. The second-order valence-electron chi connectivity index (χ2n) is 6.08. The Kier molecular flexibility index (Phi) is 5.53. The maximum absolute atomic E-state index is 11.7. The molecule has 0 radical (unpaired) electrons. The van der Waals surface area contributed by atoms with Gasteiger partial charge in [0, 0.05) is 17.2 Å². The number of allylic oxidation sites excluding steroid dienone is 2. The first-order chi connectivity index (χ1) is 11.4. The van der Waals surface area contributed by atoms with Crippen molar-refractivity contribution in [1.29, 1.82) is 0 Å². The third-order valence-corrected chi connectivity index (χ3v) is 3.71. The summed E-state index contributed by atoms with van der Waals surface area (Å²) >= 11 is 0. The fourth-order valence-electron chi connectivity index (χ4n) is 2.14. The molecule has 1 aromatic heterocycles. The summed E-state index contributed by atoms with van der Waals surface area (Å²) in [7, 11) is 0. The molecule has 4 nitrogen and oxygen atoms in total. The summed E-state index contributed by atoms with van der Waals surface area (Å²) in [6.45, 7) is 5.75. The van der Waals surface area contributed by atoms with Crippen LogP contribution in [-0.4, -0.2) is 10.8 Å². The van der Waals surface area contributed by atoms with Crippen LogP contribution in [0.3, 0.4) is 0 Å². The Hall–Kier alpha value is -2.88. The lowest BCUT2D eigenvalue weighted by Gasteiger charge is -2.06. The summed E-state index contributed by atoms with van der Waals surface area (Å²) in [5.41, 5.74) is 16.8. The SMILES string of the molecule is C/C(=C\c1cc(/C=C/C(=O)C(C)C)ncc1N)c1ccc(N)cc1. The number of pyridine rings is 1. The number of nitrogens with zero attached hydrogens (tertiary/aromatic N) is 1. The second kappa shape index (κ2) is 7.59. The van der Waals surface area contributed by atoms with E-state index in [0.29, 0.717) is 11.4 Å². The highest BCUT2D eigenvalue weighted by Gasteiger charge is 2.04. The first-order valence-corrected chi connectivity index (χ1v) is 7.88. The van der Waals surface area contributed by atoms with E-state index in [1.807, 2.05) is 57.2 Å². The summed E-state index contributed by atoms with van der Waals surface area (Å²) in [6, 6.07) is 9.56. The van der Waals surface area contributed by atoms with Crippen LogP contribution in [0.15, 0.2) is 42.6 Å². The van der Waals surface area contributed by atoms with Gasteiger partial charge in [0.15, 0.2) is 5.78 Å². The van der Waals surface area contributed by atoms with Crippen molar-refractivity contribution in [2.45, 2.75) is 20.8 Å². The van der Waals surface area contributed by atoms with Gasteiger partial charge in [-0.25, -0.2) is 0 Å². The lowest BCUT2D eigenvalue weighted by atomic mass is 10.0. The lowest BCUT2D eigenvalue weighted by Crippen LogP contribution is -2.02. The summed E-state index contributed by atoms with van der Waals surface area (Å²) < 4.78 is 0. The van der Waals surface area contributed by atoms with Gasteiger partial charge in [0.25, 0.3) is 0 Å². The third-order valence-electron chi connectivity index (χ3n) is 3.71. The van der Waals surface area contributed by atoms with Crippen molar-refractivity contribution in [3.63, 3.8) is 0 Å². The Labute approximate surface area is 142 Å². The molecule has 2 rings (SSSR count). The molecule has 124 valence electrons. The van der Waals surface area contributed by atoms with Crippen LogP contribution in [0, 0.1) is 5.92 Å². The van der Waals surface area contributed by atoms with Crippen molar-refractivity contribution in [3.05, 3.63) is 59.4 Å². The maximum atomic E-state index is 11.7. The van der Waals surface area contributed by atoms with Crippen molar-refractivity contribution >= 4 is 34.9 Å². The first-order valence-electron chi connectivity index (χ1n) is 7.88. The summed E-state index contributed by atoms with van der Waals surface area (Å²) in [6.07, 6.45) is 6.90. The van der Waals surface area contributed by atoms with E-state index in [9.17, 15) is 4.79 Å². The molecule has 0 spiro atoms. The number of anilines is 2.